The van der Waals surface area contributed by atoms with Crippen molar-refractivity contribution in [3.05, 3.63) is 69.3 Å². The van der Waals surface area contributed by atoms with Crippen LogP contribution in [0.25, 0.3) is 0 Å². The SMILES string of the molecule is Cc1ccc(C(=O)NC[C@@H](c2ccc(N(C)C)cc2)N2CCOCC2)cc1[N+](=O)[O-]. The van der Waals surface area contributed by atoms with Crippen LogP contribution in [0.5, 0.6) is 0 Å². The van der Waals surface area contributed by atoms with Crippen LogP contribution in [-0.4, -0.2) is 62.7 Å². The summed E-state index contributed by atoms with van der Waals surface area (Å²) in [5.41, 5.74) is 2.99. The van der Waals surface area contributed by atoms with E-state index in [0.29, 0.717) is 25.3 Å². The monoisotopic (exact) mass is 412 g/mol. The van der Waals surface area contributed by atoms with E-state index < -0.39 is 4.92 Å². The molecule has 2 aromatic rings. The summed E-state index contributed by atoms with van der Waals surface area (Å²) in [6, 6.07) is 12.8. The molecule has 2 aromatic carbocycles. The lowest BCUT2D eigenvalue weighted by atomic mass is 10.0. The predicted molar refractivity (Wildman–Crippen MR) is 116 cm³/mol. The van der Waals surface area contributed by atoms with Crippen molar-refractivity contribution in [1.29, 1.82) is 0 Å². The van der Waals surface area contributed by atoms with Crippen LogP contribution in [0.3, 0.4) is 0 Å². The van der Waals surface area contributed by atoms with Crippen LogP contribution in [0.2, 0.25) is 0 Å². The number of rotatable bonds is 7. The fraction of sp³-hybridized carbons (Fsp3) is 0.409. The molecule has 8 nitrogen and oxygen atoms in total. The van der Waals surface area contributed by atoms with Crippen LogP contribution < -0.4 is 10.2 Å². The smallest absolute Gasteiger partial charge is 0.273 e. The molecule has 0 saturated carbocycles. The normalized spacial score (nSPS) is 15.4. The summed E-state index contributed by atoms with van der Waals surface area (Å²) < 4.78 is 5.48. The van der Waals surface area contributed by atoms with E-state index in [1.54, 1.807) is 19.1 Å². The fourth-order valence-corrected chi connectivity index (χ4v) is 3.58. The van der Waals surface area contributed by atoms with Crippen molar-refractivity contribution in [2.45, 2.75) is 13.0 Å². The molecule has 1 aliphatic rings. The van der Waals surface area contributed by atoms with E-state index in [4.69, 9.17) is 4.74 Å². The summed E-state index contributed by atoms with van der Waals surface area (Å²) in [4.78, 5) is 27.8. The van der Waals surface area contributed by atoms with Crippen molar-refractivity contribution in [1.82, 2.24) is 10.2 Å². The third kappa shape index (κ3) is 5.14. The van der Waals surface area contributed by atoms with Crippen LogP contribution in [-0.2, 0) is 4.74 Å². The van der Waals surface area contributed by atoms with Gasteiger partial charge >= 0.3 is 0 Å². The van der Waals surface area contributed by atoms with E-state index in [2.05, 4.69) is 34.5 Å². The molecule has 0 radical (unpaired) electrons. The molecular formula is C22H28N4O4. The minimum absolute atomic E-state index is 0.00510. The first kappa shape index (κ1) is 21.7. The van der Waals surface area contributed by atoms with Gasteiger partial charge in [-0.15, -0.1) is 0 Å². The van der Waals surface area contributed by atoms with Crippen molar-refractivity contribution in [2.24, 2.45) is 0 Å². The van der Waals surface area contributed by atoms with Gasteiger partial charge in [-0.2, -0.15) is 0 Å². The molecule has 30 heavy (non-hydrogen) atoms. The Morgan fingerprint density at radius 1 is 1.20 bits per heavy atom. The lowest BCUT2D eigenvalue weighted by molar-refractivity contribution is -0.385. The number of carbonyl (C=O) groups excluding carboxylic acids is 1. The number of nitro benzene ring substituents is 1. The fourth-order valence-electron chi connectivity index (χ4n) is 3.58. The number of nitrogens with zero attached hydrogens (tertiary/aromatic N) is 3. The Morgan fingerprint density at radius 2 is 1.87 bits per heavy atom. The Morgan fingerprint density at radius 3 is 2.47 bits per heavy atom. The Balaban J connectivity index is 1.77. The molecule has 0 aromatic heterocycles. The van der Waals surface area contributed by atoms with Crippen molar-refractivity contribution >= 4 is 17.3 Å². The van der Waals surface area contributed by atoms with Crippen molar-refractivity contribution < 1.29 is 14.5 Å². The molecule has 1 aliphatic heterocycles. The Labute approximate surface area is 176 Å². The van der Waals surface area contributed by atoms with E-state index in [1.165, 1.54) is 6.07 Å². The second-order valence-corrected chi connectivity index (χ2v) is 7.62. The van der Waals surface area contributed by atoms with E-state index >= 15 is 0 Å². The van der Waals surface area contributed by atoms with Gasteiger partial charge in [0.25, 0.3) is 11.6 Å². The maximum atomic E-state index is 12.7. The van der Waals surface area contributed by atoms with Gasteiger partial charge in [0.2, 0.25) is 0 Å². The Bertz CT molecular complexity index is 893. The van der Waals surface area contributed by atoms with Gasteiger partial charge in [0.05, 0.1) is 24.2 Å². The van der Waals surface area contributed by atoms with Gasteiger partial charge in [0, 0.05) is 56.6 Å². The number of aryl methyl sites for hydroxylation is 1. The highest BCUT2D eigenvalue weighted by molar-refractivity contribution is 5.95. The van der Waals surface area contributed by atoms with Crippen LogP contribution in [0, 0.1) is 17.0 Å². The zero-order valence-electron chi connectivity index (χ0n) is 17.6. The van der Waals surface area contributed by atoms with Crippen molar-refractivity contribution in [2.75, 3.05) is 51.8 Å². The molecule has 0 spiro atoms. The van der Waals surface area contributed by atoms with Crippen LogP contribution in [0.15, 0.2) is 42.5 Å². The highest BCUT2D eigenvalue weighted by Crippen LogP contribution is 2.24. The van der Waals surface area contributed by atoms with Crippen LogP contribution >= 0.6 is 0 Å². The molecule has 1 fully saturated rings. The summed E-state index contributed by atoms with van der Waals surface area (Å²) in [5.74, 6) is -0.318. The van der Waals surface area contributed by atoms with Crippen molar-refractivity contribution in [3.8, 4) is 0 Å². The summed E-state index contributed by atoms with van der Waals surface area (Å²) in [5, 5.41) is 14.1. The first-order valence-electron chi connectivity index (χ1n) is 9.99. The third-order valence-electron chi connectivity index (χ3n) is 5.40. The highest BCUT2D eigenvalue weighted by atomic mass is 16.6. The number of ether oxygens (including phenoxy) is 1. The van der Waals surface area contributed by atoms with Gasteiger partial charge in [0.15, 0.2) is 0 Å². The van der Waals surface area contributed by atoms with Gasteiger partial charge in [-0.05, 0) is 30.7 Å². The molecule has 160 valence electrons. The lowest BCUT2D eigenvalue weighted by Crippen LogP contribution is -2.43. The predicted octanol–water partition coefficient (Wildman–Crippen LogP) is 2.77. The second-order valence-electron chi connectivity index (χ2n) is 7.62. The number of anilines is 1. The number of nitro groups is 1. The zero-order valence-corrected chi connectivity index (χ0v) is 17.6. The molecule has 1 atom stereocenters. The molecule has 0 unspecified atom stereocenters. The van der Waals surface area contributed by atoms with Gasteiger partial charge in [-0.1, -0.05) is 18.2 Å². The third-order valence-corrected chi connectivity index (χ3v) is 5.40. The van der Waals surface area contributed by atoms with Crippen LogP contribution in [0.4, 0.5) is 11.4 Å². The van der Waals surface area contributed by atoms with E-state index in [0.717, 1.165) is 24.3 Å². The molecule has 3 rings (SSSR count). The molecule has 8 heteroatoms. The molecule has 1 heterocycles. The first-order valence-corrected chi connectivity index (χ1v) is 9.99. The largest absolute Gasteiger partial charge is 0.379 e. The van der Waals surface area contributed by atoms with E-state index in [-0.39, 0.29) is 23.2 Å². The molecule has 0 aliphatic carbocycles. The maximum absolute atomic E-state index is 12.7. The van der Waals surface area contributed by atoms with Gasteiger partial charge in [-0.25, -0.2) is 0 Å². The minimum atomic E-state index is -0.463. The van der Waals surface area contributed by atoms with Gasteiger partial charge < -0.3 is 15.0 Å². The van der Waals surface area contributed by atoms with E-state index in [1.807, 2.05) is 19.0 Å². The number of carbonyl (C=O) groups is 1. The minimum Gasteiger partial charge on any atom is -0.379 e. The maximum Gasteiger partial charge on any atom is 0.273 e. The summed E-state index contributed by atoms with van der Waals surface area (Å²) >= 11 is 0. The number of hydrogen-bond donors (Lipinski definition) is 1. The molecule has 1 saturated heterocycles. The molecule has 1 N–H and O–H groups in total. The number of nitrogens with one attached hydrogen (secondary N) is 1. The molecule has 0 bridgehead atoms. The van der Waals surface area contributed by atoms with Gasteiger partial charge in [0.1, 0.15) is 0 Å². The number of benzene rings is 2. The van der Waals surface area contributed by atoms with E-state index in [9.17, 15) is 14.9 Å². The number of amides is 1. The van der Waals surface area contributed by atoms with Gasteiger partial charge in [-0.3, -0.25) is 19.8 Å². The summed E-state index contributed by atoms with van der Waals surface area (Å²) in [7, 11) is 3.99. The Kier molecular flexibility index (Phi) is 7.02. The highest BCUT2D eigenvalue weighted by Gasteiger charge is 2.24. The lowest BCUT2D eigenvalue weighted by Gasteiger charge is -2.35. The quantitative estimate of drug-likeness (QED) is 0.556. The average molecular weight is 412 g/mol. The standard InChI is InChI=1S/C22H28N4O4/c1-16-4-5-18(14-20(16)26(28)29)22(27)23-15-21(25-10-12-30-13-11-25)17-6-8-19(9-7-17)24(2)3/h4-9,14,21H,10-13,15H2,1-3H3,(H,23,27)/t21-/m0/s1. The second kappa shape index (κ2) is 9.69. The van der Waals surface area contributed by atoms with Crippen LogP contribution in [0.1, 0.15) is 27.5 Å². The van der Waals surface area contributed by atoms with Crippen molar-refractivity contribution in [3.63, 3.8) is 0 Å². The average Bonchev–Trinajstić information content (AvgIpc) is 2.75. The summed E-state index contributed by atoms with van der Waals surface area (Å²) in [6.07, 6.45) is 0. The zero-order chi connectivity index (χ0) is 21.7. The number of morpholine rings is 1. The Hall–Kier alpha value is -2.97. The topological polar surface area (TPSA) is 88.0 Å². The molecular weight excluding hydrogens is 384 g/mol. The number of hydrogen-bond acceptors (Lipinski definition) is 6. The first-order chi connectivity index (χ1) is 14.4. The summed E-state index contributed by atoms with van der Waals surface area (Å²) in [6.45, 7) is 4.94. The molecule has 1 amide bonds.